The van der Waals surface area contributed by atoms with Gasteiger partial charge in [-0.25, -0.2) is 13.1 Å². The van der Waals surface area contributed by atoms with Crippen LogP contribution in [0.15, 0.2) is 24.3 Å². The molecule has 0 radical (unpaired) electrons. The summed E-state index contributed by atoms with van der Waals surface area (Å²) in [6.45, 7) is 1.67. The van der Waals surface area contributed by atoms with Crippen molar-refractivity contribution in [1.29, 1.82) is 10.5 Å². The summed E-state index contributed by atoms with van der Waals surface area (Å²) in [5.41, 5.74) is 0.642. The number of hydrogen-bond acceptors (Lipinski definition) is 4. The fraction of sp³-hybridized carbons (Fsp3) is 0.429. The Morgan fingerprint density at radius 3 is 2.60 bits per heavy atom. The van der Waals surface area contributed by atoms with Crippen LogP contribution in [0.4, 0.5) is 0 Å². The summed E-state index contributed by atoms with van der Waals surface area (Å²) in [7, 11) is -3.68. The molecule has 5 nitrogen and oxygen atoms in total. The topological polar surface area (TPSA) is 93.8 Å². The minimum absolute atomic E-state index is 0.250. The summed E-state index contributed by atoms with van der Waals surface area (Å²) in [6, 6.07) is 10.8. The smallest absolute Gasteiger partial charge is 0.211 e. The number of sulfonamides is 1. The minimum Gasteiger partial charge on any atom is -0.211 e. The van der Waals surface area contributed by atoms with Crippen molar-refractivity contribution in [3.63, 3.8) is 0 Å². The lowest BCUT2D eigenvalue weighted by Crippen LogP contribution is -2.40. The van der Waals surface area contributed by atoms with Gasteiger partial charge in [0.15, 0.2) is 5.25 Å². The van der Waals surface area contributed by atoms with Gasteiger partial charge in [0.25, 0.3) is 0 Å². The number of nitrogens with one attached hydrogen (secondary N) is 1. The number of hydrogen-bond donors (Lipinski definition) is 1. The third-order valence-corrected chi connectivity index (χ3v) is 5.38. The molecule has 1 aliphatic rings. The summed E-state index contributed by atoms with van der Waals surface area (Å²) >= 11 is 0. The molecule has 0 heterocycles. The van der Waals surface area contributed by atoms with E-state index in [9.17, 15) is 8.42 Å². The van der Waals surface area contributed by atoms with Gasteiger partial charge >= 0.3 is 0 Å². The fourth-order valence-corrected chi connectivity index (χ4v) is 3.77. The van der Waals surface area contributed by atoms with Gasteiger partial charge in [-0.3, -0.25) is 0 Å². The normalized spacial score (nSPS) is 17.8. The monoisotopic (exact) mass is 289 g/mol. The average molecular weight is 289 g/mol. The summed E-state index contributed by atoms with van der Waals surface area (Å²) in [5, 5.41) is 16.8. The molecule has 1 aliphatic carbocycles. The molecule has 104 valence electrons. The van der Waals surface area contributed by atoms with Crippen molar-refractivity contribution in [1.82, 2.24) is 4.72 Å². The van der Waals surface area contributed by atoms with E-state index in [1.165, 1.54) is 0 Å². The second-order valence-electron chi connectivity index (χ2n) is 4.95. The number of nitrogens with zero attached hydrogens (tertiary/aromatic N) is 2. The van der Waals surface area contributed by atoms with Crippen LogP contribution in [0.3, 0.4) is 0 Å². The molecule has 1 N–H and O–H groups in total. The highest BCUT2D eigenvalue weighted by molar-refractivity contribution is 7.90. The molecule has 0 amide bonds. The Hall–Kier alpha value is -1.89. The molecule has 0 aliphatic heterocycles. The van der Waals surface area contributed by atoms with Gasteiger partial charge in [0.1, 0.15) is 0 Å². The molecular formula is C14H15N3O2S. The second kappa shape index (κ2) is 5.24. The number of rotatable bonds is 5. The maximum absolute atomic E-state index is 12.2. The summed E-state index contributed by atoms with van der Waals surface area (Å²) in [6.07, 6.45) is 1.62. The zero-order valence-electron chi connectivity index (χ0n) is 11.1. The fourth-order valence-electron chi connectivity index (χ4n) is 2.18. The Morgan fingerprint density at radius 1 is 1.40 bits per heavy atom. The molecule has 6 heteroatoms. The third-order valence-electron chi connectivity index (χ3n) is 3.52. The third kappa shape index (κ3) is 2.67. The summed E-state index contributed by atoms with van der Waals surface area (Å²) < 4.78 is 27.0. The Labute approximate surface area is 118 Å². The van der Waals surface area contributed by atoms with Crippen molar-refractivity contribution in [2.45, 2.75) is 37.0 Å². The van der Waals surface area contributed by atoms with Gasteiger partial charge in [0, 0.05) is 0 Å². The van der Waals surface area contributed by atoms with Crippen LogP contribution < -0.4 is 4.72 Å². The highest BCUT2D eigenvalue weighted by atomic mass is 32.2. The molecule has 20 heavy (non-hydrogen) atoms. The van der Waals surface area contributed by atoms with E-state index >= 15 is 0 Å². The zero-order chi connectivity index (χ0) is 14.8. The van der Waals surface area contributed by atoms with Gasteiger partial charge < -0.3 is 0 Å². The van der Waals surface area contributed by atoms with Crippen molar-refractivity contribution in [3.05, 3.63) is 35.4 Å². The molecule has 1 saturated carbocycles. The van der Waals surface area contributed by atoms with E-state index < -0.39 is 20.8 Å². The molecule has 0 spiro atoms. The van der Waals surface area contributed by atoms with Crippen molar-refractivity contribution in [3.8, 4) is 12.1 Å². The van der Waals surface area contributed by atoms with Crippen molar-refractivity contribution in [2.24, 2.45) is 0 Å². The van der Waals surface area contributed by atoms with E-state index in [4.69, 9.17) is 10.5 Å². The standard InChI is InChI=1S/C14H15N3O2S/c1-2-13(10-16)20(18,19)17-14(6-7-14)12-5-3-4-11(8-12)9-15/h3-5,8,13,17H,2,6-7H2,1H3/t13-/m0/s1. The van der Waals surface area contributed by atoms with Crippen LogP contribution in [0.5, 0.6) is 0 Å². The van der Waals surface area contributed by atoms with E-state index in [2.05, 4.69) is 4.72 Å². The molecule has 2 rings (SSSR count). The minimum atomic E-state index is -3.68. The van der Waals surface area contributed by atoms with Crippen LogP contribution in [-0.4, -0.2) is 13.7 Å². The molecule has 0 saturated heterocycles. The average Bonchev–Trinajstić information content (AvgIpc) is 3.20. The lowest BCUT2D eigenvalue weighted by atomic mass is 10.0. The van der Waals surface area contributed by atoms with Crippen molar-refractivity contribution in [2.75, 3.05) is 0 Å². The highest BCUT2D eigenvalue weighted by Crippen LogP contribution is 2.46. The van der Waals surface area contributed by atoms with Crippen LogP contribution >= 0.6 is 0 Å². The lowest BCUT2D eigenvalue weighted by Gasteiger charge is -2.20. The van der Waals surface area contributed by atoms with Crippen molar-refractivity contribution >= 4 is 10.0 Å². The van der Waals surface area contributed by atoms with Gasteiger partial charge in [-0.15, -0.1) is 0 Å². The van der Waals surface area contributed by atoms with Gasteiger partial charge in [0.2, 0.25) is 10.0 Å². The van der Waals surface area contributed by atoms with E-state index in [0.717, 1.165) is 5.56 Å². The molecule has 1 aromatic carbocycles. The van der Waals surface area contributed by atoms with Crippen LogP contribution in [0.1, 0.15) is 37.3 Å². The van der Waals surface area contributed by atoms with E-state index in [1.54, 1.807) is 25.1 Å². The number of nitriles is 2. The number of benzene rings is 1. The molecule has 1 fully saturated rings. The molecule has 1 aromatic rings. The predicted octanol–water partition coefficient (Wildman–Crippen LogP) is 1.77. The first kappa shape index (κ1) is 14.5. The molecule has 1 atom stereocenters. The molecule has 0 unspecified atom stereocenters. The van der Waals surface area contributed by atoms with Crippen LogP contribution in [0, 0.1) is 22.7 Å². The Balaban J connectivity index is 2.29. The first-order valence-corrected chi connectivity index (χ1v) is 7.95. The first-order chi connectivity index (χ1) is 9.47. The van der Waals surface area contributed by atoms with Crippen LogP contribution in [-0.2, 0) is 15.6 Å². The maximum atomic E-state index is 12.2. The Kier molecular flexibility index (Phi) is 3.80. The van der Waals surface area contributed by atoms with E-state index in [1.807, 2.05) is 18.2 Å². The predicted molar refractivity (Wildman–Crippen MR) is 73.8 cm³/mol. The van der Waals surface area contributed by atoms with E-state index in [-0.39, 0.29) is 6.42 Å². The van der Waals surface area contributed by atoms with Gasteiger partial charge in [-0.2, -0.15) is 10.5 Å². The highest BCUT2D eigenvalue weighted by Gasteiger charge is 2.48. The summed E-state index contributed by atoms with van der Waals surface area (Å²) in [4.78, 5) is 0. The largest absolute Gasteiger partial charge is 0.228 e. The first-order valence-electron chi connectivity index (χ1n) is 6.40. The van der Waals surface area contributed by atoms with Gasteiger partial charge in [0.05, 0.1) is 23.2 Å². The molecule has 0 aromatic heterocycles. The van der Waals surface area contributed by atoms with Crippen molar-refractivity contribution < 1.29 is 8.42 Å². The Bertz CT molecular complexity index is 694. The quantitative estimate of drug-likeness (QED) is 0.893. The molecule has 0 bridgehead atoms. The summed E-state index contributed by atoms with van der Waals surface area (Å²) in [5.74, 6) is 0. The van der Waals surface area contributed by atoms with Crippen LogP contribution in [0.2, 0.25) is 0 Å². The van der Waals surface area contributed by atoms with E-state index in [0.29, 0.717) is 18.4 Å². The van der Waals surface area contributed by atoms with Crippen LogP contribution in [0.25, 0.3) is 0 Å². The Morgan fingerprint density at radius 2 is 2.10 bits per heavy atom. The van der Waals surface area contributed by atoms with Gasteiger partial charge in [-0.05, 0) is 37.0 Å². The molecular weight excluding hydrogens is 274 g/mol. The zero-order valence-corrected chi connectivity index (χ0v) is 11.9. The second-order valence-corrected chi connectivity index (χ2v) is 6.81. The SMILES string of the molecule is CC[C@@H](C#N)S(=O)(=O)NC1(c2cccc(C#N)c2)CC1. The lowest BCUT2D eigenvalue weighted by molar-refractivity contribution is 0.543. The maximum Gasteiger partial charge on any atom is 0.228 e. The van der Waals surface area contributed by atoms with Gasteiger partial charge in [-0.1, -0.05) is 19.1 Å².